The van der Waals surface area contributed by atoms with Gasteiger partial charge >= 0.3 is 0 Å². The zero-order chi connectivity index (χ0) is 22.2. The predicted octanol–water partition coefficient (Wildman–Crippen LogP) is 2.42. The number of carbonyl (C=O) groups excluding carboxylic acids is 1. The van der Waals surface area contributed by atoms with Gasteiger partial charge in [-0.3, -0.25) is 19.1 Å². The number of pyridine rings is 1. The fourth-order valence-electron chi connectivity index (χ4n) is 3.30. The molecule has 0 saturated carbocycles. The molecule has 8 heteroatoms. The first-order valence-corrected chi connectivity index (χ1v) is 10.5. The molecule has 0 fully saturated rings. The first-order valence-electron chi connectivity index (χ1n) is 10.1. The van der Waals surface area contributed by atoms with Crippen molar-refractivity contribution in [1.29, 1.82) is 0 Å². The van der Waals surface area contributed by atoms with Gasteiger partial charge in [0.15, 0.2) is 0 Å². The summed E-state index contributed by atoms with van der Waals surface area (Å²) in [5.41, 5.74) is 3.66. The quantitative estimate of drug-likeness (QED) is 0.534. The summed E-state index contributed by atoms with van der Waals surface area (Å²) in [6.45, 7) is 3.21. The maximum atomic E-state index is 12.9. The molecule has 0 bridgehead atoms. The Morgan fingerprint density at radius 3 is 2.71 bits per heavy atom. The molecule has 1 amide bonds. The number of hydrogen-bond donors (Lipinski definition) is 2. The smallest absolute Gasteiger partial charge is 0.257 e. The van der Waals surface area contributed by atoms with Crippen LogP contribution in [0.15, 0.2) is 53.7 Å². The van der Waals surface area contributed by atoms with Crippen LogP contribution >= 0.6 is 11.6 Å². The third-order valence-electron chi connectivity index (χ3n) is 5.03. The Balaban J connectivity index is 1.67. The Morgan fingerprint density at radius 1 is 1.13 bits per heavy atom. The van der Waals surface area contributed by atoms with E-state index < -0.39 is 0 Å². The molecule has 2 heterocycles. The number of halogens is 1. The van der Waals surface area contributed by atoms with E-state index in [1.54, 1.807) is 13.1 Å². The molecule has 3 aromatic rings. The van der Waals surface area contributed by atoms with Crippen molar-refractivity contribution in [3.05, 3.63) is 92.4 Å². The van der Waals surface area contributed by atoms with Crippen LogP contribution in [0.25, 0.3) is 0 Å². The summed E-state index contributed by atoms with van der Waals surface area (Å²) in [6, 6.07) is 11.3. The summed E-state index contributed by atoms with van der Waals surface area (Å²) in [7, 11) is 1.86. The molecule has 0 atom stereocenters. The van der Waals surface area contributed by atoms with Crippen LogP contribution in [-0.4, -0.2) is 27.5 Å². The van der Waals surface area contributed by atoms with Crippen molar-refractivity contribution in [3.63, 3.8) is 0 Å². The van der Waals surface area contributed by atoms with Gasteiger partial charge in [-0.1, -0.05) is 23.7 Å². The second kappa shape index (κ2) is 10.8. The van der Waals surface area contributed by atoms with Gasteiger partial charge in [0.05, 0.1) is 12.7 Å². The Morgan fingerprint density at radius 2 is 1.97 bits per heavy atom. The minimum atomic E-state index is -0.236. The molecule has 31 heavy (non-hydrogen) atoms. The van der Waals surface area contributed by atoms with Gasteiger partial charge in [0.2, 0.25) is 5.91 Å². The number of rotatable bonds is 9. The largest absolute Gasteiger partial charge is 0.352 e. The summed E-state index contributed by atoms with van der Waals surface area (Å²) in [6.07, 6.45) is 3.84. The first-order chi connectivity index (χ1) is 15.0. The topological polar surface area (TPSA) is 88.9 Å². The lowest BCUT2D eigenvalue weighted by Crippen LogP contribution is -2.32. The number of hydrogen-bond acceptors (Lipinski definition) is 5. The SMILES string of the molecule is CNCc1ccc(Cl)cc1CNC(=O)Cc1c(C)ncn(CCc2ccccn2)c1=O. The van der Waals surface area contributed by atoms with E-state index in [0.717, 1.165) is 16.8 Å². The highest BCUT2D eigenvalue weighted by atomic mass is 35.5. The fraction of sp³-hybridized carbons (Fsp3) is 0.304. The maximum Gasteiger partial charge on any atom is 0.257 e. The summed E-state index contributed by atoms with van der Waals surface area (Å²) in [4.78, 5) is 34.1. The second-order valence-electron chi connectivity index (χ2n) is 7.28. The van der Waals surface area contributed by atoms with Gasteiger partial charge in [0.25, 0.3) is 5.56 Å². The highest BCUT2D eigenvalue weighted by Crippen LogP contribution is 2.16. The van der Waals surface area contributed by atoms with Crippen LogP contribution in [0.4, 0.5) is 0 Å². The summed E-state index contributed by atoms with van der Waals surface area (Å²) in [5.74, 6) is -0.236. The Kier molecular flexibility index (Phi) is 7.92. The molecule has 7 nitrogen and oxygen atoms in total. The Hall–Kier alpha value is -3.03. The zero-order valence-corrected chi connectivity index (χ0v) is 18.4. The second-order valence-corrected chi connectivity index (χ2v) is 7.71. The normalized spacial score (nSPS) is 10.8. The molecular weight excluding hydrogens is 414 g/mol. The van der Waals surface area contributed by atoms with Crippen LogP contribution in [-0.2, 0) is 37.3 Å². The highest BCUT2D eigenvalue weighted by molar-refractivity contribution is 6.30. The number of aryl methyl sites for hydroxylation is 3. The number of amides is 1. The highest BCUT2D eigenvalue weighted by Gasteiger charge is 2.14. The van der Waals surface area contributed by atoms with E-state index in [1.807, 2.05) is 43.4 Å². The lowest BCUT2D eigenvalue weighted by molar-refractivity contribution is -0.120. The lowest BCUT2D eigenvalue weighted by Gasteiger charge is -2.12. The average Bonchev–Trinajstić information content (AvgIpc) is 2.77. The molecule has 0 saturated heterocycles. The van der Waals surface area contributed by atoms with Crippen molar-refractivity contribution in [1.82, 2.24) is 25.2 Å². The predicted molar refractivity (Wildman–Crippen MR) is 121 cm³/mol. The molecule has 1 aromatic carbocycles. The van der Waals surface area contributed by atoms with Gasteiger partial charge in [-0.05, 0) is 49.4 Å². The van der Waals surface area contributed by atoms with Crippen LogP contribution in [0.2, 0.25) is 5.02 Å². The van der Waals surface area contributed by atoms with E-state index in [9.17, 15) is 9.59 Å². The summed E-state index contributed by atoms with van der Waals surface area (Å²) in [5, 5.41) is 6.61. The molecule has 162 valence electrons. The third kappa shape index (κ3) is 6.23. The van der Waals surface area contributed by atoms with E-state index in [0.29, 0.717) is 42.3 Å². The molecule has 2 N–H and O–H groups in total. The van der Waals surface area contributed by atoms with Crippen molar-refractivity contribution >= 4 is 17.5 Å². The lowest BCUT2D eigenvalue weighted by atomic mass is 10.1. The zero-order valence-electron chi connectivity index (χ0n) is 17.7. The van der Waals surface area contributed by atoms with Gasteiger partial charge in [0, 0.05) is 54.2 Å². The fourth-order valence-corrected chi connectivity index (χ4v) is 3.49. The standard InChI is InChI=1S/C23H26ClN5O2/c1-16-21(23(31)29(15-28-16)10-8-20-5-3-4-9-26-20)12-22(30)27-14-18-11-19(24)7-6-17(18)13-25-2/h3-7,9,11,15,25H,8,10,12-14H2,1-2H3,(H,27,30). The number of nitrogens with zero attached hydrogens (tertiary/aromatic N) is 3. The van der Waals surface area contributed by atoms with Crippen LogP contribution in [0.5, 0.6) is 0 Å². The Labute approximate surface area is 186 Å². The monoisotopic (exact) mass is 439 g/mol. The van der Waals surface area contributed by atoms with Crippen LogP contribution in [0.3, 0.4) is 0 Å². The van der Waals surface area contributed by atoms with Gasteiger partial charge < -0.3 is 10.6 Å². The molecule has 0 aliphatic rings. The van der Waals surface area contributed by atoms with Crippen molar-refractivity contribution in [2.24, 2.45) is 0 Å². The van der Waals surface area contributed by atoms with E-state index in [4.69, 9.17) is 11.6 Å². The maximum absolute atomic E-state index is 12.9. The van der Waals surface area contributed by atoms with Gasteiger partial charge in [-0.25, -0.2) is 4.98 Å². The molecule has 0 radical (unpaired) electrons. The minimum Gasteiger partial charge on any atom is -0.352 e. The van der Waals surface area contributed by atoms with E-state index >= 15 is 0 Å². The molecular formula is C23H26ClN5O2. The number of benzene rings is 1. The van der Waals surface area contributed by atoms with Crippen LogP contribution in [0, 0.1) is 6.92 Å². The number of aromatic nitrogens is 3. The Bertz CT molecular complexity index is 1100. The molecule has 3 rings (SSSR count). The molecule has 0 aliphatic heterocycles. The van der Waals surface area contributed by atoms with E-state index in [2.05, 4.69) is 20.6 Å². The average molecular weight is 440 g/mol. The van der Waals surface area contributed by atoms with Gasteiger partial charge in [0.1, 0.15) is 0 Å². The van der Waals surface area contributed by atoms with Crippen molar-refractivity contribution in [2.75, 3.05) is 7.05 Å². The van der Waals surface area contributed by atoms with Crippen LogP contribution in [0.1, 0.15) is 28.1 Å². The molecule has 2 aromatic heterocycles. The van der Waals surface area contributed by atoms with Crippen LogP contribution < -0.4 is 16.2 Å². The van der Waals surface area contributed by atoms with Crippen molar-refractivity contribution < 1.29 is 4.79 Å². The summed E-state index contributed by atoms with van der Waals surface area (Å²) >= 11 is 6.11. The number of nitrogens with one attached hydrogen (secondary N) is 2. The van der Waals surface area contributed by atoms with Gasteiger partial charge in [-0.15, -0.1) is 0 Å². The number of carbonyl (C=O) groups is 1. The molecule has 0 spiro atoms. The summed E-state index contributed by atoms with van der Waals surface area (Å²) < 4.78 is 1.53. The molecule has 0 aliphatic carbocycles. The van der Waals surface area contributed by atoms with E-state index in [1.165, 1.54) is 10.9 Å². The van der Waals surface area contributed by atoms with E-state index in [-0.39, 0.29) is 17.9 Å². The van der Waals surface area contributed by atoms with Gasteiger partial charge in [-0.2, -0.15) is 0 Å². The minimum absolute atomic E-state index is 0.0238. The van der Waals surface area contributed by atoms with Crippen molar-refractivity contribution in [2.45, 2.75) is 39.4 Å². The van der Waals surface area contributed by atoms with Crippen molar-refractivity contribution in [3.8, 4) is 0 Å². The molecule has 0 unspecified atom stereocenters. The first kappa shape index (κ1) is 22.7. The third-order valence-corrected chi connectivity index (χ3v) is 5.27.